The highest BCUT2D eigenvalue weighted by Crippen LogP contribution is 2.29. The number of anilines is 1. The van der Waals surface area contributed by atoms with Gasteiger partial charge in [0, 0.05) is 23.4 Å². The summed E-state index contributed by atoms with van der Waals surface area (Å²) in [5, 5.41) is 2.77. The van der Waals surface area contributed by atoms with Crippen LogP contribution < -0.4 is 19.5 Å². The van der Waals surface area contributed by atoms with Crippen LogP contribution in [0.4, 0.5) is 5.69 Å². The summed E-state index contributed by atoms with van der Waals surface area (Å²) in [7, 11) is 4.70. The Hall–Kier alpha value is -2.95. The number of para-hydroxylation sites is 1. The van der Waals surface area contributed by atoms with Gasteiger partial charge in [0.15, 0.2) is 11.5 Å². The van der Waals surface area contributed by atoms with Crippen molar-refractivity contribution in [3.8, 4) is 17.2 Å². The van der Waals surface area contributed by atoms with Gasteiger partial charge < -0.3 is 19.5 Å². The number of carbonyl (C=O) groups is 1. The lowest BCUT2D eigenvalue weighted by Gasteiger charge is -2.09. The molecule has 0 heterocycles. The molecule has 0 unspecified atom stereocenters. The van der Waals surface area contributed by atoms with Gasteiger partial charge in [0.05, 0.1) is 21.3 Å². The Kier molecular flexibility index (Phi) is 5.63. The fourth-order valence-corrected chi connectivity index (χ4v) is 2.07. The first kappa shape index (κ1) is 16.4. The van der Waals surface area contributed by atoms with Crippen molar-refractivity contribution in [1.82, 2.24) is 0 Å². The lowest BCUT2D eigenvalue weighted by molar-refractivity contribution is -0.111. The number of hydrogen-bond acceptors (Lipinski definition) is 4. The third-order valence-electron chi connectivity index (χ3n) is 3.20. The van der Waals surface area contributed by atoms with Crippen LogP contribution in [0.5, 0.6) is 17.2 Å². The molecule has 0 saturated carbocycles. The zero-order valence-electron chi connectivity index (χ0n) is 13.3. The van der Waals surface area contributed by atoms with Crippen molar-refractivity contribution in [2.24, 2.45) is 0 Å². The van der Waals surface area contributed by atoms with E-state index >= 15 is 0 Å². The van der Waals surface area contributed by atoms with Gasteiger partial charge in [0.25, 0.3) is 0 Å². The van der Waals surface area contributed by atoms with Gasteiger partial charge in [-0.15, -0.1) is 0 Å². The van der Waals surface area contributed by atoms with Gasteiger partial charge in [-0.3, -0.25) is 4.79 Å². The normalized spacial score (nSPS) is 10.4. The van der Waals surface area contributed by atoms with Crippen LogP contribution in [-0.4, -0.2) is 27.2 Å². The van der Waals surface area contributed by atoms with Crippen LogP contribution in [0.15, 0.2) is 48.5 Å². The molecule has 120 valence electrons. The fourth-order valence-electron chi connectivity index (χ4n) is 2.07. The second-order valence-corrected chi connectivity index (χ2v) is 4.63. The molecule has 0 atom stereocenters. The van der Waals surface area contributed by atoms with E-state index in [0.29, 0.717) is 22.9 Å². The third-order valence-corrected chi connectivity index (χ3v) is 3.20. The highest BCUT2D eigenvalue weighted by Gasteiger charge is 2.06. The maximum absolute atomic E-state index is 12.0. The van der Waals surface area contributed by atoms with Crippen LogP contribution >= 0.6 is 0 Å². The Morgan fingerprint density at radius 1 is 0.913 bits per heavy atom. The number of rotatable bonds is 6. The molecule has 5 heteroatoms. The van der Waals surface area contributed by atoms with Gasteiger partial charge in [0.1, 0.15) is 5.75 Å². The van der Waals surface area contributed by atoms with Gasteiger partial charge in [-0.25, -0.2) is 0 Å². The van der Waals surface area contributed by atoms with E-state index in [0.717, 1.165) is 5.56 Å². The lowest BCUT2D eigenvalue weighted by atomic mass is 10.2. The second-order valence-electron chi connectivity index (χ2n) is 4.63. The lowest BCUT2D eigenvalue weighted by Crippen LogP contribution is -2.08. The standard InChI is InChI=1S/C18H19NO4/c1-21-15-7-5-4-6-13(15)8-11-18(20)19-14-9-10-16(22-2)17(12-14)23-3/h4-12H,1-3H3,(H,19,20)/b11-8+. The number of hydrogen-bond donors (Lipinski definition) is 1. The summed E-state index contributed by atoms with van der Waals surface area (Å²) in [5.74, 6) is 1.62. The van der Waals surface area contributed by atoms with E-state index in [1.165, 1.54) is 6.08 Å². The maximum atomic E-state index is 12.0. The summed E-state index contributed by atoms with van der Waals surface area (Å²) >= 11 is 0. The molecule has 0 fully saturated rings. The summed E-state index contributed by atoms with van der Waals surface area (Å²) in [4.78, 5) is 12.0. The molecule has 0 saturated heterocycles. The number of methoxy groups -OCH3 is 3. The van der Waals surface area contributed by atoms with E-state index in [1.54, 1.807) is 45.6 Å². The molecule has 0 radical (unpaired) electrons. The molecule has 0 aliphatic carbocycles. The van der Waals surface area contributed by atoms with Crippen LogP contribution in [0.2, 0.25) is 0 Å². The van der Waals surface area contributed by atoms with Gasteiger partial charge >= 0.3 is 0 Å². The SMILES string of the molecule is COc1ccccc1/C=C/C(=O)Nc1ccc(OC)c(OC)c1. The van der Waals surface area contributed by atoms with Crippen molar-refractivity contribution in [2.75, 3.05) is 26.6 Å². The first-order chi connectivity index (χ1) is 11.2. The summed E-state index contributed by atoms with van der Waals surface area (Å²) < 4.78 is 15.6. The van der Waals surface area contributed by atoms with Crippen molar-refractivity contribution < 1.29 is 19.0 Å². The van der Waals surface area contributed by atoms with Crippen LogP contribution in [0.1, 0.15) is 5.56 Å². The molecular formula is C18H19NO4. The molecule has 0 aromatic heterocycles. The predicted octanol–water partition coefficient (Wildman–Crippen LogP) is 3.36. The van der Waals surface area contributed by atoms with Gasteiger partial charge in [-0.1, -0.05) is 18.2 Å². The maximum Gasteiger partial charge on any atom is 0.248 e. The summed E-state index contributed by atoms with van der Waals surface area (Å²) in [6, 6.07) is 12.7. The molecule has 2 aromatic rings. The van der Waals surface area contributed by atoms with Crippen LogP contribution in [0.3, 0.4) is 0 Å². The monoisotopic (exact) mass is 313 g/mol. The Morgan fingerprint density at radius 3 is 2.30 bits per heavy atom. The zero-order chi connectivity index (χ0) is 16.7. The Morgan fingerprint density at radius 2 is 1.61 bits per heavy atom. The van der Waals surface area contributed by atoms with Gasteiger partial charge in [-0.05, 0) is 24.3 Å². The predicted molar refractivity (Wildman–Crippen MR) is 90.2 cm³/mol. The summed E-state index contributed by atoms with van der Waals surface area (Å²) in [6.07, 6.45) is 3.16. The van der Waals surface area contributed by atoms with E-state index in [9.17, 15) is 4.79 Å². The molecule has 0 aliphatic heterocycles. The van der Waals surface area contributed by atoms with E-state index in [1.807, 2.05) is 24.3 Å². The Balaban J connectivity index is 2.09. The third kappa shape index (κ3) is 4.26. The molecule has 5 nitrogen and oxygen atoms in total. The van der Waals surface area contributed by atoms with E-state index in [-0.39, 0.29) is 5.91 Å². The molecule has 2 aromatic carbocycles. The van der Waals surface area contributed by atoms with Crippen molar-refractivity contribution in [1.29, 1.82) is 0 Å². The Labute approximate surface area is 135 Å². The van der Waals surface area contributed by atoms with E-state index in [2.05, 4.69) is 5.32 Å². The minimum absolute atomic E-state index is 0.247. The molecule has 23 heavy (non-hydrogen) atoms. The van der Waals surface area contributed by atoms with Crippen LogP contribution in [0.25, 0.3) is 6.08 Å². The van der Waals surface area contributed by atoms with Crippen LogP contribution in [-0.2, 0) is 4.79 Å². The van der Waals surface area contributed by atoms with Crippen molar-refractivity contribution in [3.05, 3.63) is 54.1 Å². The van der Waals surface area contributed by atoms with Crippen molar-refractivity contribution in [3.63, 3.8) is 0 Å². The molecule has 0 bridgehead atoms. The molecule has 0 aliphatic rings. The minimum Gasteiger partial charge on any atom is -0.496 e. The van der Waals surface area contributed by atoms with Crippen molar-refractivity contribution >= 4 is 17.7 Å². The topological polar surface area (TPSA) is 56.8 Å². The highest BCUT2D eigenvalue weighted by molar-refractivity contribution is 6.02. The fraction of sp³-hybridized carbons (Fsp3) is 0.167. The van der Waals surface area contributed by atoms with E-state index in [4.69, 9.17) is 14.2 Å². The average Bonchev–Trinajstić information content (AvgIpc) is 2.60. The van der Waals surface area contributed by atoms with Gasteiger partial charge in [-0.2, -0.15) is 0 Å². The molecule has 1 N–H and O–H groups in total. The summed E-state index contributed by atoms with van der Waals surface area (Å²) in [6.45, 7) is 0. The zero-order valence-corrected chi connectivity index (χ0v) is 13.3. The number of ether oxygens (including phenoxy) is 3. The first-order valence-electron chi connectivity index (χ1n) is 7.02. The molecule has 2 rings (SSSR count). The van der Waals surface area contributed by atoms with Crippen molar-refractivity contribution in [2.45, 2.75) is 0 Å². The second kappa shape index (κ2) is 7.89. The largest absolute Gasteiger partial charge is 0.496 e. The quantitative estimate of drug-likeness (QED) is 0.831. The Bertz CT molecular complexity index is 710. The summed E-state index contributed by atoms with van der Waals surface area (Å²) in [5.41, 5.74) is 1.45. The van der Waals surface area contributed by atoms with Crippen LogP contribution in [0, 0.1) is 0 Å². The number of carbonyl (C=O) groups excluding carboxylic acids is 1. The molecule has 0 spiro atoms. The number of amides is 1. The number of benzene rings is 2. The first-order valence-corrected chi connectivity index (χ1v) is 7.02. The highest BCUT2D eigenvalue weighted by atomic mass is 16.5. The molecular weight excluding hydrogens is 294 g/mol. The van der Waals surface area contributed by atoms with Gasteiger partial charge in [0.2, 0.25) is 5.91 Å². The smallest absolute Gasteiger partial charge is 0.248 e. The average molecular weight is 313 g/mol. The minimum atomic E-state index is -0.247. The molecule has 1 amide bonds. The van der Waals surface area contributed by atoms with E-state index < -0.39 is 0 Å². The number of nitrogens with one attached hydrogen (secondary N) is 1.